The van der Waals surface area contributed by atoms with Crippen LogP contribution in [-0.2, 0) is 0 Å². The lowest BCUT2D eigenvalue weighted by molar-refractivity contribution is 0.482. The van der Waals surface area contributed by atoms with Crippen molar-refractivity contribution in [3.8, 4) is 11.5 Å². The summed E-state index contributed by atoms with van der Waals surface area (Å²) >= 11 is 11.5. The minimum Gasteiger partial charge on any atom is -0.457 e. The van der Waals surface area contributed by atoms with Crippen molar-refractivity contribution in [1.29, 1.82) is 0 Å². The van der Waals surface area contributed by atoms with Gasteiger partial charge >= 0.3 is 0 Å². The highest BCUT2D eigenvalue weighted by atomic mass is 35.5. The van der Waals surface area contributed by atoms with Crippen LogP contribution in [0, 0.1) is 0 Å². The molecule has 2 N–H and O–H groups in total. The van der Waals surface area contributed by atoms with Crippen LogP contribution in [0.1, 0.15) is 0 Å². The number of anilines is 1. The molecule has 0 atom stereocenters. The lowest BCUT2D eigenvalue weighted by atomic mass is 10.3. The number of pyridine rings is 1. The summed E-state index contributed by atoms with van der Waals surface area (Å²) in [7, 11) is 0. The Morgan fingerprint density at radius 2 is 1.50 bits per heavy atom. The summed E-state index contributed by atoms with van der Waals surface area (Å²) in [6.45, 7) is 0. The number of nitrogens with two attached hydrogens (primary N) is 1. The first-order valence-electron chi connectivity index (χ1n) is 4.50. The van der Waals surface area contributed by atoms with Crippen molar-refractivity contribution in [2.75, 3.05) is 5.73 Å². The second-order valence-electron chi connectivity index (χ2n) is 3.12. The summed E-state index contributed by atoms with van der Waals surface area (Å²) < 4.78 is 5.53. The molecule has 0 aliphatic carbocycles. The topological polar surface area (TPSA) is 48.1 Å². The Labute approximate surface area is 103 Å². The molecule has 16 heavy (non-hydrogen) atoms. The molecule has 0 radical (unpaired) electrons. The number of rotatable bonds is 2. The molecule has 3 nitrogen and oxygen atoms in total. The van der Waals surface area contributed by atoms with Crippen molar-refractivity contribution in [2.24, 2.45) is 0 Å². The second-order valence-corrected chi connectivity index (χ2v) is 3.89. The fourth-order valence-corrected chi connectivity index (χ4v) is 1.61. The highest BCUT2D eigenvalue weighted by molar-refractivity contribution is 6.32. The summed E-state index contributed by atoms with van der Waals surface area (Å²) in [4.78, 5) is 3.82. The summed E-state index contributed by atoms with van der Waals surface area (Å²) in [6.07, 6.45) is 0. The number of nitrogen functional groups attached to an aromatic ring is 1. The Hall–Kier alpha value is -1.45. The van der Waals surface area contributed by atoms with E-state index in [-0.39, 0.29) is 10.3 Å². The zero-order chi connectivity index (χ0) is 11.5. The van der Waals surface area contributed by atoms with Crippen molar-refractivity contribution in [2.45, 2.75) is 0 Å². The molecule has 2 rings (SSSR count). The van der Waals surface area contributed by atoms with E-state index >= 15 is 0 Å². The average Bonchev–Trinajstić information content (AvgIpc) is 2.20. The zero-order valence-electron chi connectivity index (χ0n) is 8.15. The quantitative estimate of drug-likeness (QED) is 0.656. The molecule has 0 saturated heterocycles. The lowest BCUT2D eigenvalue weighted by Crippen LogP contribution is -1.87. The molecular formula is C11H8Cl2N2O. The molecule has 0 unspecified atom stereocenters. The van der Waals surface area contributed by atoms with E-state index in [4.69, 9.17) is 33.7 Å². The van der Waals surface area contributed by atoms with Gasteiger partial charge in [-0.1, -0.05) is 23.2 Å². The van der Waals surface area contributed by atoms with Crippen molar-refractivity contribution in [3.63, 3.8) is 0 Å². The van der Waals surface area contributed by atoms with Gasteiger partial charge in [-0.3, -0.25) is 0 Å². The van der Waals surface area contributed by atoms with E-state index in [0.717, 1.165) is 0 Å². The number of hydrogen-bond donors (Lipinski definition) is 1. The Bertz CT molecular complexity index is 480. The van der Waals surface area contributed by atoms with Crippen LogP contribution in [0.15, 0.2) is 36.4 Å². The first-order chi connectivity index (χ1) is 7.63. The van der Waals surface area contributed by atoms with E-state index < -0.39 is 0 Å². The number of ether oxygens (including phenoxy) is 1. The van der Waals surface area contributed by atoms with Gasteiger partial charge in [0.2, 0.25) is 0 Å². The SMILES string of the molecule is Nc1ccc(Oc2cc(Cl)nc(Cl)c2)cc1. The van der Waals surface area contributed by atoms with Crippen molar-refractivity contribution in [3.05, 3.63) is 46.7 Å². The lowest BCUT2D eigenvalue weighted by Gasteiger charge is -2.06. The van der Waals surface area contributed by atoms with E-state index in [1.807, 2.05) is 0 Å². The molecule has 0 fully saturated rings. The Morgan fingerprint density at radius 3 is 2.06 bits per heavy atom. The van der Waals surface area contributed by atoms with Crippen LogP contribution in [0.25, 0.3) is 0 Å². The molecule has 1 aromatic heterocycles. The molecule has 2 aromatic rings. The van der Waals surface area contributed by atoms with Crippen LogP contribution < -0.4 is 10.5 Å². The third kappa shape index (κ3) is 2.78. The van der Waals surface area contributed by atoms with Gasteiger partial charge in [0.25, 0.3) is 0 Å². The van der Waals surface area contributed by atoms with Crippen LogP contribution in [0.5, 0.6) is 11.5 Å². The van der Waals surface area contributed by atoms with Crippen LogP contribution in [0.4, 0.5) is 5.69 Å². The monoisotopic (exact) mass is 254 g/mol. The van der Waals surface area contributed by atoms with Gasteiger partial charge in [0, 0.05) is 17.8 Å². The van der Waals surface area contributed by atoms with Gasteiger partial charge in [0.1, 0.15) is 21.8 Å². The Morgan fingerprint density at radius 1 is 0.938 bits per heavy atom. The van der Waals surface area contributed by atoms with Crippen molar-refractivity contribution in [1.82, 2.24) is 4.98 Å². The van der Waals surface area contributed by atoms with E-state index in [2.05, 4.69) is 4.98 Å². The molecule has 0 saturated carbocycles. The first kappa shape index (κ1) is 11.0. The molecule has 82 valence electrons. The van der Waals surface area contributed by atoms with E-state index in [1.165, 1.54) is 0 Å². The van der Waals surface area contributed by atoms with E-state index in [1.54, 1.807) is 36.4 Å². The smallest absolute Gasteiger partial charge is 0.134 e. The van der Waals surface area contributed by atoms with E-state index in [9.17, 15) is 0 Å². The minimum absolute atomic E-state index is 0.290. The van der Waals surface area contributed by atoms with Crippen LogP contribution in [0.2, 0.25) is 10.3 Å². The molecular weight excluding hydrogens is 247 g/mol. The first-order valence-corrected chi connectivity index (χ1v) is 5.25. The standard InChI is InChI=1S/C11H8Cl2N2O/c12-10-5-9(6-11(13)15-10)16-8-3-1-7(14)2-4-8/h1-6H,14H2. The van der Waals surface area contributed by atoms with Gasteiger partial charge in [0.15, 0.2) is 0 Å². The van der Waals surface area contributed by atoms with E-state index in [0.29, 0.717) is 17.2 Å². The van der Waals surface area contributed by atoms with Gasteiger partial charge in [-0.2, -0.15) is 0 Å². The molecule has 0 bridgehead atoms. The summed E-state index contributed by atoms with van der Waals surface area (Å²) in [6, 6.07) is 10.2. The molecule has 0 aliphatic heterocycles. The van der Waals surface area contributed by atoms with Crippen LogP contribution in [0.3, 0.4) is 0 Å². The van der Waals surface area contributed by atoms with Gasteiger partial charge in [-0.05, 0) is 24.3 Å². The summed E-state index contributed by atoms with van der Waals surface area (Å²) in [5.74, 6) is 1.20. The van der Waals surface area contributed by atoms with Gasteiger partial charge in [-0.15, -0.1) is 0 Å². The number of halogens is 2. The average molecular weight is 255 g/mol. The van der Waals surface area contributed by atoms with Gasteiger partial charge in [0.05, 0.1) is 0 Å². The molecule has 1 heterocycles. The van der Waals surface area contributed by atoms with Crippen LogP contribution >= 0.6 is 23.2 Å². The maximum atomic E-state index is 5.75. The molecule has 0 spiro atoms. The maximum absolute atomic E-state index is 5.75. The van der Waals surface area contributed by atoms with Crippen LogP contribution in [-0.4, -0.2) is 4.98 Å². The maximum Gasteiger partial charge on any atom is 0.134 e. The Kier molecular flexibility index (Phi) is 3.17. The highest BCUT2D eigenvalue weighted by Gasteiger charge is 2.01. The minimum atomic E-state index is 0.290. The predicted molar refractivity (Wildman–Crippen MR) is 65.2 cm³/mol. The molecule has 5 heteroatoms. The highest BCUT2D eigenvalue weighted by Crippen LogP contribution is 2.26. The Balaban J connectivity index is 2.23. The zero-order valence-corrected chi connectivity index (χ0v) is 9.66. The van der Waals surface area contributed by atoms with Gasteiger partial charge < -0.3 is 10.5 Å². The number of aromatic nitrogens is 1. The predicted octanol–water partition coefficient (Wildman–Crippen LogP) is 3.76. The normalized spacial score (nSPS) is 10.1. The third-order valence-corrected chi connectivity index (χ3v) is 2.24. The van der Waals surface area contributed by atoms with Crippen molar-refractivity contribution < 1.29 is 4.74 Å². The number of nitrogens with zero attached hydrogens (tertiary/aromatic N) is 1. The third-order valence-electron chi connectivity index (χ3n) is 1.85. The fourth-order valence-electron chi connectivity index (χ4n) is 1.17. The number of benzene rings is 1. The fraction of sp³-hybridized carbons (Fsp3) is 0. The molecule has 1 aromatic carbocycles. The summed E-state index contributed by atoms with van der Waals surface area (Å²) in [5.41, 5.74) is 6.24. The largest absolute Gasteiger partial charge is 0.457 e. The van der Waals surface area contributed by atoms with Crippen molar-refractivity contribution >= 4 is 28.9 Å². The number of hydrogen-bond acceptors (Lipinski definition) is 3. The summed E-state index contributed by atoms with van der Waals surface area (Å²) in [5, 5.41) is 0.580. The molecule has 0 amide bonds. The molecule has 0 aliphatic rings. The van der Waals surface area contributed by atoms with Gasteiger partial charge in [-0.25, -0.2) is 4.98 Å². The second kappa shape index (κ2) is 4.60.